The zero-order valence-corrected chi connectivity index (χ0v) is 11.3. The number of carboxylic acid groups (broad SMARTS) is 1. The largest absolute Gasteiger partial charge is 0.494 e. The van der Waals surface area contributed by atoms with Crippen LogP contribution in [0.25, 0.3) is 0 Å². The number of aromatic carboxylic acids is 1. The molecule has 0 spiro atoms. The highest BCUT2D eigenvalue weighted by molar-refractivity contribution is 5.91. The smallest absolute Gasteiger partial charge is 0.339 e. The standard InChI is InChI=1S/C15H14FNO4/c1-20-12-4-2-3-9(14(12)16)8-21-13-7-10(17)5-6-11(13)15(18)19/h2-7H,8,17H2,1H3,(H,18,19). The second-order valence-corrected chi connectivity index (χ2v) is 4.28. The van der Waals surface area contributed by atoms with E-state index in [4.69, 9.17) is 20.3 Å². The number of halogens is 1. The topological polar surface area (TPSA) is 81.8 Å². The summed E-state index contributed by atoms with van der Waals surface area (Å²) in [6.45, 7) is -0.132. The second kappa shape index (κ2) is 6.13. The van der Waals surface area contributed by atoms with Crippen molar-refractivity contribution in [3.63, 3.8) is 0 Å². The Labute approximate surface area is 120 Å². The van der Waals surface area contributed by atoms with E-state index in [0.29, 0.717) is 5.69 Å². The van der Waals surface area contributed by atoms with Crippen LogP contribution in [0.1, 0.15) is 15.9 Å². The van der Waals surface area contributed by atoms with Crippen molar-refractivity contribution in [2.45, 2.75) is 6.61 Å². The lowest BCUT2D eigenvalue weighted by atomic mass is 10.1. The minimum Gasteiger partial charge on any atom is -0.494 e. The molecule has 5 nitrogen and oxygen atoms in total. The number of methoxy groups -OCH3 is 1. The number of hydrogen-bond acceptors (Lipinski definition) is 4. The molecule has 0 unspecified atom stereocenters. The summed E-state index contributed by atoms with van der Waals surface area (Å²) in [6.07, 6.45) is 0. The quantitative estimate of drug-likeness (QED) is 0.828. The monoisotopic (exact) mass is 291 g/mol. The third-order valence-corrected chi connectivity index (χ3v) is 2.88. The summed E-state index contributed by atoms with van der Waals surface area (Å²) in [6, 6.07) is 8.84. The average Bonchev–Trinajstić information content (AvgIpc) is 2.46. The van der Waals surface area contributed by atoms with E-state index < -0.39 is 11.8 Å². The minimum atomic E-state index is -1.14. The third-order valence-electron chi connectivity index (χ3n) is 2.88. The summed E-state index contributed by atoms with van der Waals surface area (Å²) >= 11 is 0. The van der Waals surface area contributed by atoms with Crippen molar-refractivity contribution >= 4 is 11.7 Å². The predicted molar refractivity (Wildman–Crippen MR) is 75.1 cm³/mol. The molecule has 0 heterocycles. The van der Waals surface area contributed by atoms with Gasteiger partial charge in [-0.1, -0.05) is 12.1 Å². The van der Waals surface area contributed by atoms with Gasteiger partial charge in [0.1, 0.15) is 17.9 Å². The number of carboxylic acids is 1. The molecule has 2 rings (SSSR count). The first-order valence-corrected chi connectivity index (χ1v) is 6.10. The van der Waals surface area contributed by atoms with Crippen molar-refractivity contribution in [3.8, 4) is 11.5 Å². The molecule has 0 saturated heterocycles. The van der Waals surface area contributed by atoms with Crippen LogP contribution in [0.4, 0.5) is 10.1 Å². The Balaban J connectivity index is 2.24. The van der Waals surface area contributed by atoms with Gasteiger partial charge in [0.25, 0.3) is 0 Å². The fraction of sp³-hybridized carbons (Fsp3) is 0.133. The first-order valence-electron chi connectivity index (χ1n) is 6.10. The number of anilines is 1. The van der Waals surface area contributed by atoms with Gasteiger partial charge in [-0.2, -0.15) is 0 Å². The Hall–Kier alpha value is -2.76. The van der Waals surface area contributed by atoms with Crippen LogP contribution >= 0.6 is 0 Å². The summed E-state index contributed by atoms with van der Waals surface area (Å²) in [5, 5.41) is 9.08. The Morgan fingerprint density at radius 1 is 1.29 bits per heavy atom. The Morgan fingerprint density at radius 3 is 2.71 bits per heavy atom. The molecule has 2 aromatic rings. The number of hydrogen-bond donors (Lipinski definition) is 2. The number of nitrogen functional groups attached to an aromatic ring is 1. The number of rotatable bonds is 5. The molecule has 3 N–H and O–H groups in total. The van der Waals surface area contributed by atoms with Gasteiger partial charge in [0, 0.05) is 17.3 Å². The van der Waals surface area contributed by atoms with Crippen molar-refractivity contribution < 1.29 is 23.8 Å². The van der Waals surface area contributed by atoms with Crippen LogP contribution in [0.5, 0.6) is 11.5 Å². The minimum absolute atomic E-state index is 0.0347. The highest BCUT2D eigenvalue weighted by Gasteiger charge is 2.14. The van der Waals surface area contributed by atoms with E-state index >= 15 is 0 Å². The van der Waals surface area contributed by atoms with Gasteiger partial charge >= 0.3 is 5.97 Å². The predicted octanol–water partition coefficient (Wildman–Crippen LogP) is 2.69. The molecular weight excluding hydrogens is 277 g/mol. The Kier molecular flexibility index (Phi) is 4.27. The van der Waals surface area contributed by atoms with Gasteiger partial charge in [-0.15, -0.1) is 0 Å². The summed E-state index contributed by atoms with van der Waals surface area (Å²) in [7, 11) is 1.36. The van der Waals surface area contributed by atoms with Gasteiger partial charge in [0.05, 0.1) is 7.11 Å². The molecule has 0 aliphatic rings. The molecule has 6 heteroatoms. The number of ether oxygens (including phenoxy) is 2. The molecule has 0 radical (unpaired) electrons. The van der Waals surface area contributed by atoms with Gasteiger partial charge in [-0.05, 0) is 18.2 Å². The molecule has 0 atom stereocenters. The molecule has 0 saturated carbocycles. The summed E-state index contributed by atoms with van der Waals surface area (Å²) in [5.74, 6) is -1.50. The van der Waals surface area contributed by atoms with Crippen molar-refractivity contribution in [2.24, 2.45) is 0 Å². The van der Waals surface area contributed by atoms with Gasteiger partial charge in [-0.25, -0.2) is 9.18 Å². The van der Waals surface area contributed by atoms with E-state index in [9.17, 15) is 9.18 Å². The molecule has 0 bridgehead atoms. The van der Waals surface area contributed by atoms with E-state index in [-0.39, 0.29) is 29.2 Å². The normalized spacial score (nSPS) is 10.2. The SMILES string of the molecule is COc1cccc(COc2cc(N)ccc2C(=O)O)c1F. The van der Waals surface area contributed by atoms with Crippen LogP contribution in [0, 0.1) is 5.82 Å². The van der Waals surface area contributed by atoms with Crippen LogP contribution < -0.4 is 15.2 Å². The van der Waals surface area contributed by atoms with E-state index in [2.05, 4.69) is 0 Å². The van der Waals surface area contributed by atoms with E-state index in [1.54, 1.807) is 6.07 Å². The lowest BCUT2D eigenvalue weighted by Gasteiger charge is -2.11. The fourth-order valence-electron chi connectivity index (χ4n) is 1.82. The molecule has 0 aliphatic heterocycles. The second-order valence-electron chi connectivity index (χ2n) is 4.28. The van der Waals surface area contributed by atoms with Gasteiger partial charge in [-0.3, -0.25) is 0 Å². The van der Waals surface area contributed by atoms with Gasteiger partial charge < -0.3 is 20.3 Å². The van der Waals surface area contributed by atoms with Crippen molar-refractivity contribution in [2.75, 3.05) is 12.8 Å². The van der Waals surface area contributed by atoms with Crippen molar-refractivity contribution in [1.29, 1.82) is 0 Å². The van der Waals surface area contributed by atoms with Crippen molar-refractivity contribution in [1.82, 2.24) is 0 Å². The first kappa shape index (κ1) is 14.6. The van der Waals surface area contributed by atoms with E-state index in [0.717, 1.165) is 0 Å². The maximum atomic E-state index is 14.0. The first-order chi connectivity index (χ1) is 10.0. The highest BCUT2D eigenvalue weighted by atomic mass is 19.1. The van der Waals surface area contributed by atoms with Crippen LogP contribution in [-0.2, 0) is 6.61 Å². The molecule has 110 valence electrons. The molecule has 0 aromatic heterocycles. The molecular formula is C15H14FNO4. The molecule has 0 fully saturated rings. The Morgan fingerprint density at radius 2 is 2.05 bits per heavy atom. The zero-order valence-electron chi connectivity index (χ0n) is 11.3. The van der Waals surface area contributed by atoms with Crippen LogP contribution in [0.2, 0.25) is 0 Å². The lowest BCUT2D eigenvalue weighted by molar-refractivity contribution is 0.0692. The zero-order chi connectivity index (χ0) is 15.4. The summed E-state index contributed by atoms with van der Waals surface area (Å²) in [4.78, 5) is 11.1. The Bertz CT molecular complexity index is 673. The highest BCUT2D eigenvalue weighted by Crippen LogP contribution is 2.25. The molecule has 2 aromatic carbocycles. The number of nitrogens with two attached hydrogens (primary N) is 1. The fourth-order valence-corrected chi connectivity index (χ4v) is 1.82. The van der Waals surface area contributed by atoms with E-state index in [1.807, 2.05) is 0 Å². The number of carbonyl (C=O) groups is 1. The summed E-state index contributed by atoms with van der Waals surface area (Å²) < 4.78 is 24.2. The summed E-state index contributed by atoms with van der Waals surface area (Å²) in [5.41, 5.74) is 6.19. The number of benzene rings is 2. The third kappa shape index (κ3) is 3.22. The molecule has 0 amide bonds. The van der Waals surface area contributed by atoms with Crippen LogP contribution in [-0.4, -0.2) is 18.2 Å². The van der Waals surface area contributed by atoms with E-state index in [1.165, 1.54) is 37.4 Å². The molecule has 0 aliphatic carbocycles. The molecule has 21 heavy (non-hydrogen) atoms. The van der Waals surface area contributed by atoms with Crippen molar-refractivity contribution in [3.05, 3.63) is 53.3 Å². The van der Waals surface area contributed by atoms with Crippen LogP contribution in [0.15, 0.2) is 36.4 Å². The van der Waals surface area contributed by atoms with Gasteiger partial charge in [0.2, 0.25) is 0 Å². The lowest BCUT2D eigenvalue weighted by Crippen LogP contribution is -2.05. The van der Waals surface area contributed by atoms with Crippen LogP contribution in [0.3, 0.4) is 0 Å². The van der Waals surface area contributed by atoms with Gasteiger partial charge in [0.15, 0.2) is 11.6 Å². The maximum absolute atomic E-state index is 14.0. The average molecular weight is 291 g/mol. The maximum Gasteiger partial charge on any atom is 0.339 e.